The lowest BCUT2D eigenvalue weighted by molar-refractivity contribution is 0.570. The molecule has 1 heteroatoms. The van der Waals surface area contributed by atoms with Crippen molar-refractivity contribution >= 4 is 0 Å². The Morgan fingerprint density at radius 1 is 1.11 bits per heavy atom. The number of rotatable bonds is 2. The summed E-state index contributed by atoms with van der Waals surface area (Å²) in [5, 5.41) is 3.57. The van der Waals surface area contributed by atoms with Crippen molar-refractivity contribution in [2.45, 2.75) is 44.6 Å². The normalized spacial score (nSPS) is 29.3. The van der Waals surface area contributed by atoms with Crippen molar-refractivity contribution in [1.29, 1.82) is 0 Å². The van der Waals surface area contributed by atoms with Crippen LogP contribution in [0.5, 0.6) is 0 Å². The van der Waals surface area contributed by atoms with E-state index in [4.69, 9.17) is 0 Å². The van der Waals surface area contributed by atoms with Crippen molar-refractivity contribution in [2.75, 3.05) is 0 Å². The van der Waals surface area contributed by atoms with Gasteiger partial charge in [0, 0.05) is 12.1 Å². The molecule has 0 bridgehead atoms. The number of hydrogen-bond acceptors (Lipinski definition) is 1. The molecule has 2 aliphatic rings. The zero-order valence-corrected chi connectivity index (χ0v) is 5.82. The molecule has 0 spiro atoms. The third-order valence-electron chi connectivity index (χ3n) is 2.26. The van der Waals surface area contributed by atoms with Gasteiger partial charge in [-0.1, -0.05) is 12.8 Å². The van der Waals surface area contributed by atoms with Gasteiger partial charge in [-0.05, 0) is 25.7 Å². The van der Waals surface area contributed by atoms with Gasteiger partial charge in [0.1, 0.15) is 0 Å². The molecule has 0 aromatic rings. The minimum absolute atomic E-state index is 0.863. The van der Waals surface area contributed by atoms with Crippen LogP contribution in [0, 0.1) is 6.04 Å². The molecule has 0 aliphatic heterocycles. The number of hydrogen-bond donors (Lipinski definition) is 1. The first-order chi connectivity index (χ1) is 4.45. The second-order valence-corrected chi connectivity index (χ2v) is 3.23. The van der Waals surface area contributed by atoms with Crippen molar-refractivity contribution in [2.24, 2.45) is 0 Å². The largest absolute Gasteiger partial charge is 0.307 e. The van der Waals surface area contributed by atoms with Crippen molar-refractivity contribution in [1.82, 2.24) is 5.32 Å². The zero-order valence-electron chi connectivity index (χ0n) is 5.82. The summed E-state index contributed by atoms with van der Waals surface area (Å²) < 4.78 is 0. The van der Waals surface area contributed by atoms with Crippen LogP contribution in [0.3, 0.4) is 0 Å². The van der Waals surface area contributed by atoms with Crippen LogP contribution in [-0.2, 0) is 0 Å². The summed E-state index contributed by atoms with van der Waals surface area (Å²) in [7, 11) is 0. The van der Waals surface area contributed by atoms with Gasteiger partial charge in [0.2, 0.25) is 0 Å². The molecule has 9 heavy (non-hydrogen) atoms. The molecule has 2 fully saturated rings. The second kappa shape index (κ2) is 2.30. The average Bonchev–Trinajstić information content (AvgIpc) is 2.46. The van der Waals surface area contributed by atoms with E-state index in [1.165, 1.54) is 38.5 Å². The molecule has 2 rings (SSSR count). The fourth-order valence-electron chi connectivity index (χ4n) is 1.57. The Hall–Kier alpha value is -0.0400. The monoisotopic (exact) mass is 124 g/mol. The molecule has 1 N–H and O–H groups in total. The van der Waals surface area contributed by atoms with Gasteiger partial charge < -0.3 is 5.32 Å². The lowest BCUT2D eigenvalue weighted by Gasteiger charge is -2.08. The van der Waals surface area contributed by atoms with Gasteiger partial charge >= 0.3 is 0 Å². The lowest BCUT2D eigenvalue weighted by atomic mass is 10.2. The van der Waals surface area contributed by atoms with Gasteiger partial charge in [-0.15, -0.1) is 0 Å². The van der Waals surface area contributed by atoms with E-state index >= 15 is 0 Å². The average molecular weight is 124 g/mol. The molecule has 2 saturated carbocycles. The van der Waals surface area contributed by atoms with E-state index in [0.717, 1.165) is 6.04 Å². The molecular weight excluding hydrogens is 110 g/mol. The summed E-state index contributed by atoms with van der Waals surface area (Å²) in [5.41, 5.74) is 0. The van der Waals surface area contributed by atoms with E-state index < -0.39 is 0 Å². The van der Waals surface area contributed by atoms with E-state index in [1.807, 2.05) is 0 Å². The molecule has 0 unspecified atom stereocenters. The molecule has 1 radical (unpaired) electrons. The van der Waals surface area contributed by atoms with E-state index in [1.54, 1.807) is 6.04 Å². The summed E-state index contributed by atoms with van der Waals surface area (Å²) in [6.07, 6.45) is 8.45. The van der Waals surface area contributed by atoms with Crippen molar-refractivity contribution in [3.63, 3.8) is 0 Å². The highest BCUT2D eigenvalue weighted by Gasteiger charge is 2.26. The highest BCUT2D eigenvalue weighted by Crippen LogP contribution is 2.31. The van der Waals surface area contributed by atoms with Crippen LogP contribution in [0.4, 0.5) is 0 Å². The maximum absolute atomic E-state index is 3.57. The van der Waals surface area contributed by atoms with Crippen LogP contribution in [0.1, 0.15) is 38.5 Å². The first kappa shape index (κ1) is 5.72. The first-order valence-electron chi connectivity index (χ1n) is 4.06. The van der Waals surface area contributed by atoms with Gasteiger partial charge in [-0.2, -0.15) is 0 Å². The molecule has 0 atom stereocenters. The minimum atomic E-state index is 0.863. The molecule has 0 amide bonds. The standard InChI is InChI=1S/C8H14N/c1-2-4-7(3-1)9-8-5-6-8/h7,9H,1-6H2. The quantitative estimate of drug-likeness (QED) is 0.592. The Morgan fingerprint density at radius 3 is 2.33 bits per heavy atom. The summed E-state index contributed by atoms with van der Waals surface area (Å²) >= 11 is 0. The Bertz CT molecular complexity index is 90.7. The molecular formula is C8H14N. The van der Waals surface area contributed by atoms with E-state index in [2.05, 4.69) is 5.32 Å². The molecule has 0 heterocycles. The molecule has 0 aromatic heterocycles. The molecule has 1 nitrogen and oxygen atoms in total. The van der Waals surface area contributed by atoms with Gasteiger partial charge in [-0.3, -0.25) is 0 Å². The van der Waals surface area contributed by atoms with Crippen molar-refractivity contribution < 1.29 is 0 Å². The minimum Gasteiger partial charge on any atom is -0.307 e. The predicted octanol–water partition coefficient (Wildman–Crippen LogP) is 1.84. The summed E-state index contributed by atoms with van der Waals surface area (Å²) in [5.74, 6) is 0. The Morgan fingerprint density at radius 2 is 1.78 bits per heavy atom. The van der Waals surface area contributed by atoms with Gasteiger partial charge in [0.05, 0.1) is 0 Å². The van der Waals surface area contributed by atoms with Crippen LogP contribution in [-0.4, -0.2) is 6.04 Å². The number of nitrogens with one attached hydrogen (secondary N) is 1. The highest BCUT2D eigenvalue weighted by molar-refractivity contribution is 5.04. The lowest BCUT2D eigenvalue weighted by Crippen LogP contribution is -2.23. The third kappa shape index (κ3) is 1.45. The van der Waals surface area contributed by atoms with Crippen molar-refractivity contribution in [3.05, 3.63) is 6.04 Å². The van der Waals surface area contributed by atoms with E-state index in [9.17, 15) is 0 Å². The van der Waals surface area contributed by atoms with E-state index in [-0.39, 0.29) is 0 Å². The maximum Gasteiger partial charge on any atom is 0.0367 e. The molecule has 0 aromatic carbocycles. The molecule has 0 saturated heterocycles. The fraction of sp³-hybridized carbons (Fsp3) is 0.875. The zero-order chi connectivity index (χ0) is 6.10. The first-order valence-corrected chi connectivity index (χ1v) is 4.06. The Kier molecular flexibility index (Phi) is 1.46. The predicted molar refractivity (Wildman–Crippen MR) is 37.9 cm³/mol. The van der Waals surface area contributed by atoms with Crippen LogP contribution in [0.25, 0.3) is 0 Å². The summed E-state index contributed by atoms with van der Waals surface area (Å²) in [6, 6.07) is 2.48. The maximum atomic E-state index is 3.57. The SMILES string of the molecule is C1CCC(N[C]2CC2)C1. The van der Waals surface area contributed by atoms with Gasteiger partial charge in [0.25, 0.3) is 0 Å². The summed E-state index contributed by atoms with van der Waals surface area (Å²) in [4.78, 5) is 0. The molecule has 2 aliphatic carbocycles. The van der Waals surface area contributed by atoms with Gasteiger partial charge in [-0.25, -0.2) is 0 Å². The Labute approximate surface area is 56.8 Å². The van der Waals surface area contributed by atoms with Crippen LogP contribution < -0.4 is 5.32 Å². The topological polar surface area (TPSA) is 12.0 Å². The highest BCUT2D eigenvalue weighted by atomic mass is 15.0. The van der Waals surface area contributed by atoms with Gasteiger partial charge in [0.15, 0.2) is 0 Å². The fourth-order valence-corrected chi connectivity index (χ4v) is 1.57. The van der Waals surface area contributed by atoms with Crippen molar-refractivity contribution in [3.8, 4) is 0 Å². The smallest absolute Gasteiger partial charge is 0.0367 e. The van der Waals surface area contributed by atoms with E-state index in [0.29, 0.717) is 0 Å². The van der Waals surface area contributed by atoms with Crippen LogP contribution in [0.15, 0.2) is 0 Å². The molecule has 51 valence electrons. The second-order valence-electron chi connectivity index (χ2n) is 3.23. The van der Waals surface area contributed by atoms with Crippen LogP contribution >= 0.6 is 0 Å². The Balaban J connectivity index is 1.70. The summed E-state index contributed by atoms with van der Waals surface area (Å²) in [6.45, 7) is 0. The van der Waals surface area contributed by atoms with Crippen LogP contribution in [0.2, 0.25) is 0 Å². The third-order valence-corrected chi connectivity index (χ3v) is 2.26.